The Hall–Kier alpha value is -0.0900. The number of halogens is 1. The quantitative estimate of drug-likeness (QED) is 0.718. The Bertz CT molecular complexity index is 290. The Morgan fingerprint density at radius 1 is 1.38 bits per heavy atom. The molecule has 1 atom stereocenters. The topological polar surface area (TPSA) is 21.3 Å². The van der Waals surface area contributed by atoms with Gasteiger partial charge in [-0.1, -0.05) is 11.6 Å². The largest absolute Gasteiger partial charge is 0.385 e. The second-order valence-electron chi connectivity index (χ2n) is 3.87. The van der Waals surface area contributed by atoms with Crippen LogP contribution in [0.15, 0.2) is 12.1 Å². The fourth-order valence-electron chi connectivity index (χ4n) is 1.53. The molecule has 4 heteroatoms. The third-order valence-corrected chi connectivity index (χ3v) is 3.91. The van der Waals surface area contributed by atoms with Crippen molar-refractivity contribution in [2.45, 2.75) is 32.2 Å². The van der Waals surface area contributed by atoms with Crippen LogP contribution >= 0.6 is 22.9 Å². The van der Waals surface area contributed by atoms with E-state index in [1.54, 1.807) is 18.4 Å². The van der Waals surface area contributed by atoms with Crippen LogP contribution in [0.4, 0.5) is 0 Å². The average molecular weight is 262 g/mol. The number of rotatable bonds is 8. The van der Waals surface area contributed by atoms with E-state index in [1.807, 2.05) is 6.07 Å². The van der Waals surface area contributed by atoms with Crippen molar-refractivity contribution in [3.8, 4) is 0 Å². The first-order valence-corrected chi connectivity index (χ1v) is 6.91. The minimum Gasteiger partial charge on any atom is -0.385 e. The summed E-state index contributed by atoms with van der Waals surface area (Å²) in [7, 11) is 1.75. The van der Waals surface area contributed by atoms with Crippen LogP contribution in [0.3, 0.4) is 0 Å². The summed E-state index contributed by atoms with van der Waals surface area (Å²) in [4.78, 5) is 1.31. The van der Waals surface area contributed by atoms with Gasteiger partial charge in [0.2, 0.25) is 0 Å². The summed E-state index contributed by atoms with van der Waals surface area (Å²) in [6.07, 6.45) is 3.57. The lowest BCUT2D eigenvalue weighted by Gasteiger charge is -2.11. The van der Waals surface area contributed by atoms with E-state index in [9.17, 15) is 0 Å². The van der Waals surface area contributed by atoms with Crippen molar-refractivity contribution in [3.63, 3.8) is 0 Å². The van der Waals surface area contributed by atoms with Crippen molar-refractivity contribution in [1.82, 2.24) is 5.32 Å². The Morgan fingerprint density at radius 3 is 2.81 bits per heavy atom. The molecule has 1 aromatic rings. The SMILES string of the molecule is COCCCCCNC(C)c1ccc(Cl)s1. The number of unbranched alkanes of at least 4 members (excludes halogenated alkanes) is 2. The van der Waals surface area contributed by atoms with Crippen LogP contribution in [0, 0.1) is 0 Å². The summed E-state index contributed by atoms with van der Waals surface area (Å²) in [6.45, 7) is 4.10. The van der Waals surface area contributed by atoms with E-state index < -0.39 is 0 Å². The van der Waals surface area contributed by atoms with Crippen molar-refractivity contribution >= 4 is 22.9 Å². The first kappa shape index (κ1) is 14.0. The molecule has 0 fully saturated rings. The van der Waals surface area contributed by atoms with Crippen molar-refractivity contribution in [2.24, 2.45) is 0 Å². The van der Waals surface area contributed by atoms with Gasteiger partial charge < -0.3 is 10.1 Å². The Morgan fingerprint density at radius 2 is 2.19 bits per heavy atom. The van der Waals surface area contributed by atoms with Crippen LogP contribution in [-0.4, -0.2) is 20.3 Å². The number of hydrogen-bond acceptors (Lipinski definition) is 3. The van der Waals surface area contributed by atoms with Crippen LogP contribution in [-0.2, 0) is 4.74 Å². The monoisotopic (exact) mass is 261 g/mol. The van der Waals surface area contributed by atoms with Gasteiger partial charge in [0.15, 0.2) is 0 Å². The Labute approximate surface area is 107 Å². The summed E-state index contributed by atoms with van der Waals surface area (Å²) in [5.41, 5.74) is 0. The van der Waals surface area contributed by atoms with Crippen molar-refractivity contribution in [2.75, 3.05) is 20.3 Å². The maximum Gasteiger partial charge on any atom is 0.0931 e. The maximum absolute atomic E-state index is 5.90. The van der Waals surface area contributed by atoms with Crippen molar-refractivity contribution in [1.29, 1.82) is 0 Å². The van der Waals surface area contributed by atoms with Crippen LogP contribution in [0.25, 0.3) is 0 Å². The molecule has 0 radical (unpaired) electrons. The molecule has 0 aliphatic heterocycles. The zero-order valence-electron chi connectivity index (χ0n) is 9.96. The minimum absolute atomic E-state index is 0.403. The van der Waals surface area contributed by atoms with Crippen molar-refractivity contribution < 1.29 is 4.74 Å². The van der Waals surface area contributed by atoms with Gasteiger partial charge in [-0.05, 0) is 44.9 Å². The number of nitrogens with one attached hydrogen (secondary N) is 1. The number of methoxy groups -OCH3 is 1. The van der Waals surface area contributed by atoms with Gasteiger partial charge in [-0.15, -0.1) is 11.3 Å². The summed E-state index contributed by atoms with van der Waals surface area (Å²) in [5.74, 6) is 0. The third-order valence-electron chi connectivity index (χ3n) is 2.50. The van der Waals surface area contributed by atoms with E-state index in [0.29, 0.717) is 6.04 Å². The summed E-state index contributed by atoms with van der Waals surface area (Å²) < 4.78 is 5.87. The molecule has 0 aliphatic rings. The molecule has 1 rings (SSSR count). The van der Waals surface area contributed by atoms with E-state index in [1.165, 1.54) is 17.7 Å². The first-order valence-electron chi connectivity index (χ1n) is 5.71. The minimum atomic E-state index is 0.403. The molecule has 0 bridgehead atoms. The van der Waals surface area contributed by atoms with Crippen LogP contribution in [0.2, 0.25) is 4.34 Å². The Kier molecular flexibility index (Phi) is 7.05. The normalized spacial score (nSPS) is 12.9. The highest BCUT2D eigenvalue weighted by Gasteiger charge is 2.06. The molecular formula is C12H20ClNOS. The lowest BCUT2D eigenvalue weighted by Crippen LogP contribution is -2.18. The predicted molar refractivity (Wildman–Crippen MR) is 71.5 cm³/mol. The highest BCUT2D eigenvalue weighted by atomic mass is 35.5. The van der Waals surface area contributed by atoms with E-state index in [4.69, 9.17) is 16.3 Å². The number of thiophene rings is 1. The van der Waals surface area contributed by atoms with Gasteiger partial charge >= 0.3 is 0 Å². The molecule has 0 aliphatic carbocycles. The van der Waals surface area contributed by atoms with E-state index in [0.717, 1.165) is 23.9 Å². The highest BCUT2D eigenvalue weighted by Crippen LogP contribution is 2.26. The molecule has 1 unspecified atom stereocenters. The predicted octanol–water partition coefficient (Wildman–Crippen LogP) is 3.87. The lowest BCUT2D eigenvalue weighted by atomic mass is 10.2. The molecule has 1 aromatic heterocycles. The number of hydrogen-bond donors (Lipinski definition) is 1. The van der Waals surface area contributed by atoms with E-state index in [2.05, 4.69) is 18.3 Å². The molecule has 16 heavy (non-hydrogen) atoms. The molecule has 92 valence electrons. The van der Waals surface area contributed by atoms with Crippen LogP contribution in [0.1, 0.15) is 37.1 Å². The van der Waals surface area contributed by atoms with Gasteiger partial charge in [0, 0.05) is 24.6 Å². The van der Waals surface area contributed by atoms with Crippen LogP contribution in [0.5, 0.6) is 0 Å². The van der Waals surface area contributed by atoms with Gasteiger partial charge in [0.25, 0.3) is 0 Å². The fraction of sp³-hybridized carbons (Fsp3) is 0.667. The van der Waals surface area contributed by atoms with Gasteiger partial charge in [-0.25, -0.2) is 0 Å². The molecule has 1 N–H and O–H groups in total. The molecule has 2 nitrogen and oxygen atoms in total. The molecular weight excluding hydrogens is 242 g/mol. The zero-order chi connectivity index (χ0) is 11.8. The first-order chi connectivity index (χ1) is 7.74. The van der Waals surface area contributed by atoms with Crippen LogP contribution < -0.4 is 5.32 Å². The Balaban J connectivity index is 2.09. The molecule has 1 heterocycles. The molecule has 0 spiro atoms. The van der Waals surface area contributed by atoms with Gasteiger partial charge in [-0.2, -0.15) is 0 Å². The van der Waals surface area contributed by atoms with Gasteiger partial charge in [0.1, 0.15) is 0 Å². The maximum atomic E-state index is 5.90. The molecule has 0 saturated heterocycles. The zero-order valence-corrected chi connectivity index (χ0v) is 11.5. The summed E-state index contributed by atoms with van der Waals surface area (Å²) >= 11 is 7.55. The second kappa shape index (κ2) is 8.07. The average Bonchev–Trinajstić information content (AvgIpc) is 2.70. The third kappa shape index (κ3) is 5.30. The fourth-order valence-corrected chi connectivity index (χ4v) is 2.62. The lowest BCUT2D eigenvalue weighted by molar-refractivity contribution is 0.192. The molecule has 0 amide bonds. The van der Waals surface area contributed by atoms with E-state index in [-0.39, 0.29) is 0 Å². The highest BCUT2D eigenvalue weighted by molar-refractivity contribution is 7.16. The molecule has 0 saturated carbocycles. The summed E-state index contributed by atoms with van der Waals surface area (Å²) in [6, 6.07) is 4.45. The molecule has 0 aromatic carbocycles. The number of ether oxygens (including phenoxy) is 1. The van der Waals surface area contributed by atoms with Gasteiger partial charge in [-0.3, -0.25) is 0 Å². The standard InChI is InChI=1S/C12H20ClNOS/c1-10(11-6-7-12(13)16-11)14-8-4-3-5-9-15-2/h6-7,10,14H,3-5,8-9H2,1-2H3. The second-order valence-corrected chi connectivity index (χ2v) is 5.62. The van der Waals surface area contributed by atoms with Gasteiger partial charge in [0.05, 0.1) is 4.34 Å². The smallest absolute Gasteiger partial charge is 0.0931 e. The van der Waals surface area contributed by atoms with Crippen molar-refractivity contribution in [3.05, 3.63) is 21.3 Å². The van der Waals surface area contributed by atoms with E-state index >= 15 is 0 Å². The summed E-state index contributed by atoms with van der Waals surface area (Å²) in [5, 5.41) is 3.50.